The molecule has 1 fully saturated rings. The quantitative estimate of drug-likeness (QED) is 0.900. The highest BCUT2D eigenvalue weighted by Gasteiger charge is 2.26. The number of benzene rings is 1. The predicted octanol–water partition coefficient (Wildman–Crippen LogP) is 3.87. The summed E-state index contributed by atoms with van der Waals surface area (Å²) in [5.41, 5.74) is 2.11. The van der Waals surface area contributed by atoms with E-state index in [1.807, 2.05) is 18.2 Å². The van der Waals surface area contributed by atoms with Gasteiger partial charge >= 0.3 is 5.97 Å². The Hall–Kier alpha value is -1.88. The summed E-state index contributed by atoms with van der Waals surface area (Å²) in [5, 5.41) is 15.4. The van der Waals surface area contributed by atoms with Gasteiger partial charge in [0.2, 0.25) is 0 Å². The third-order valence-electron chi connectivity index (χ3n) is 3.98. The summed E-state index contributed by atoms with van der Waals surface area (Å²) < 4.78 is 0. The molecule has 5 heteroatoms. The zero-order chi connectivity index (χ0) is 14.7. The standard InChI is InChI=1S/C16H18N2O2S/c19-15(20)12-6-8-13(9-7-12)17-16-18-14(10-21-16)11-4-2-1-3-5-11/h1-5,10,12-13H,6-9H2,(H,17,18)(H,19,20). The van der Waals surface area contributed by atoms with Gasteiger partial charge in [0.05, 0.1) is 11.6 Å². The Morgan fingerprint density at radius 2 is 1.90 bits per heavy atom. The number of carboxylic acid groups (broad SMARTS) is 1. The Bertz CT molecular complexity index is 604. The molecule has 4 nitrogen and oxygen atoms in total. The molecule has 0 spiro atoms. The zero-order valence-corrected chi connectivity index (χ0v) is 12.5. The Morgan fingerprint density at radius 3 is 2.57 bits per heavy atom. The summed E-state index contributed by atoms with van der Waals surface area (Å²) in [6.07, 6.45) is 3.31. The number of carboxylic acids is 1. The molecule has 0 radical (unpaired) electrons. The number of nitrogens with one attached hydrogen (secondary N) is 1. The Balaban J connectivity index is 1.60. The number of rotatable bonds is 4. The number of hydrogen-bond donors (Lipinski definition) is 2. The van der Waals surface area contributed by atoms with Crippen LogP contribution >= 0.6 is 11.3 Å². The summed E-state index contributed by atoms with van der Waals surface area (Å²) in [5.74, 6) is -0.826. The van der Waals surface area contributed by atoms with Crippen LogP contribution in [0.1, 0.15) is 25.7 Å². The Morgan fingerprint density at radius 1 is 1.19 bits per heavy atom. The minimum Gasteiger partial charge on any atom is -0.481 e. The molecule has 0 bridgehead atoms. The molecule has 2 N–H and O–H groups in total. The highest BCUT2D eigenvalue weighted by molar-refractivity contribution is 7.14. The van der Waals surface area contributed by atoms with E-state index in [0.29, 0.717) is 6.04 Å². The van der Waals surface area contributed by atoms with Gasteiger partial charge in [0.25, 0.3) is 0 Å². The largest absolute Gasteiger partial charge is 0.481 e. The first-order chi connectivity index (χ1) is 10.2. The van der Waals surface area contributed by atoms with Gasteiger partial charge in [-0.2, -0.15) is 0 Å². The number of aliphatic carboxylic acids is 1. The van der Waals surface area contributed by atoms with Gasteiger partial charge in [0.15, 0.2) is 5.13 Å². The fraction of sp³-hybridized carbons (Fsp3) is 0.375. The van der Waals surface area contributed by atoms with E-state index in [-0.39, 0.29) is 5.92 Å². The van der Waals surface area contributed by atoms with Crippen LogP contribution in [-0.2, 0) is 4.79 Å². The summed E-state index contributed by atoms with van der Waals surface area (Å²) in [6, 6.07) is 10.5. The van der Waals surface area contributed by atoms with E-state index in [4.69, 9.17) is 5.11 Å². The van der Waals surface area contributed by atoms with Gasteiger partial charge < -0.3 is 10.4 Å². The van der Waals surface area contributed by atoms with E-state index < -0.39 is 5.97 Å². The molecular formula is C16H18N2O2S. The number of anilines is 1. The smallest absolute Gasteiger partial charge is 0.306 e. The molecule has 2 aromatic rings. The second-order valence-electron chi connectivity index (χ2n) is 5.44. The van der Waals surface area contributed by atoms with Crippen molar-refractivity contribution in [2.24, 2.45) is 5.92 Å². The average Bonchev–Trinajstić information content (AvgIpc) is 2.97. The molecule has 3 rings (SSSR count). The maximum Gasteiger partial charge on any atom is 0.306 e. The van der Waals surface area contributed by atoms with Crippen molar-refractivity contribution in [2.75, 3.05) is 5.32 Å². The van der Waals surface area contributed by atoms with Crippen molar-refractivity contribution >= 4 is 22.4 Å². The fourth-order valence-corrected chi connectivity index (χ4v) is 3.54. The van der Waals surface area contributed by atoms with Crippen molar-refractivity contribution in [2.45, 2.75) is 31.7 Å². The molecule has 1 aliphatic rings. The maximum atomic E-state index is 10.9. The van der Waals surface area contributed by atoms with Crippen LogP contribution in [0.25, 0.3) is 11.3 Å². The molecule has 0 atom stereocenters. The van der Waals surface area contributed by atoms with Gasteiger partial charge in [0, 0.05) is 17.0 Å². The van der Waals surface area contributed by atoms with Gasteiger partial charge in [-0.25, -0.2) is 4.98 Å². The summed E-state index contributed by atoms with van der Waals surface area (Å²) >= 11 is 1.61. The first-order valence-electron chi connectivity index (χ1n) is 7.22. The van der Waals surface area contributed by atoms with Crippen LogP contribution in [0.3, 0.4) is 0 Å². The number of hydrogen-bond acceptors (Lipinski definition) is 4. The number of aromatic nitrogens is 1. The SMILES string of the molecule is O=C(O)C1CCC(Nc2nc(-c3ccccc3)cs2)CC1. The molecule has 1 aromatic carbocycles. The monoisotopic (exact) mass is 302 g/mol. The molecule has 0 aliphatic heterocycles. The second kappa shape index (κ2) is 6.26. The van der Waals surface area contributed by atoms with E-state index in [9.17, 15) is 4.79 Å². The van der Waals surface area contributed by atoms with E-state index in [2.05, 4.69) is 27.8 Å². The van der Waals surface area contributed by atoms with Crippen molar-refractivity contribution in [3.8, 4) is 11.3 Å². The van der Waals surface area contributed by atoms with Crippen molar-refractivity contribution in [1.29, 1.82) is 0 Å². The number of thiazole rings is 1. The normalized spacial score (nSPS) is 21.9. The van der Waals surface area contributed by atoms with E-state index >= 15 is 0 Å². The molecule has 1 saturated carbocycles. The highest BCUT2D eigenvalue weighted by atomic mass is 32.1. The van der Waals surface area contributed by atoms with Crippen molar-refractivity contribution in [1.82, 2.24) is 4.98 Å². The van der Waals surface area contributed by atoms with Crippen LogP contribution < -0.4 is 5.32 Å². The fourth-order valence-electron chi connectivity index (χ4n) is 2.74. The topological polar surface area (TPSA) is 62.2 Å². The number of nitrogens with zero attached hydrogens (tertiary/aromatic N) is 1. The first kappa shape index (κ1) is 14.1. The summed E-state index contributed by atoms with van der Waals surface area (Å²) in [4.78, 5) is 15.6. The molecule has 1 heterocycles. The molecule has 0 unspecified atom stereocenters. The predicted molar refractivity (Wildman–Crippen MR) is 84.6 cm³/mol. The second-order valence-corrected chi connectivity index (χ2v) is 6.29. The molecule has 1 aliphatic carbocycles. The zero-order valence-electron chi connectivity index (χ0n) is 11.7. The minimum atomic E-state index is -0.658. The molecule has 21 heavy (non-hydrogen) atoms. The third kappa shape index (κ3) is 3.42. The molecule has 0 amide bonds. The van der Waals surface area contributed by atoms with Crippen LogP contribution in [0.5, 0.6) is 0 Å². The minimum absolute atomic E-state index is 0.167. The first-order valence-corrected chi connectivity index (χ1v) is 8.10. The van der Waals surface area contributed by atoms with E-state index in [1.54, 1.807) is 11.3 Å². The lowest BCUT2D eigenvalue weighted by Crippen LogP contribution is -2.29. The summed E-state index contributed by atoms with van der Waals surface area (Å²) in [6.45, 7) is 0. The van der Waals surface area contributed by atoms with Gasteiger partial charge in [-0.15, -0.1) is 11.3 Å². The lowest BCUT2D eigenvalue weighted by molar-refractivity contribution is -0.142. The van der Waals surface area contributed by atoms with E-state index in [1.165, 1.54) is 0 Å². The van der Waals surface area contributed by atoms with Crippen LogP contribution in [0.2, 0.25) is 0 Å². The van der Waals surface area contributed by atoms with Gasteiger partial charge in [-0.1, -0.05) is 30.3 Å². The molecule has 0 saturated heterocycles. The average molecular weight is 302 g/mol. The highest BCUT2D eigenvalue weighted by Crippen LogP contribution is 2.29. The molecule has 110 valence electrons. The number of carbonyl (C=O) groups is 1. The Labute approximate surface area is 127 Å². The molecular weight excluding hydrogens is 284 g/mol. The van der Waals surface area contributed by atoms with Crippen LogP contribution in [-0.4, -0.2) is 22.1 Å². The van der Waals surface area contributed by atoms with Crippen LogP contribution in [0, 0.1) is 5.92 Å². The Kier molecular flexibility index (Phi) is 4.20. The van der Waals surface area contributed by atoms with E-state index in [0.717, 1.165) is 42.1 Å². The van der Waals surface area contributed by atoms with Gasteiger partial charge in [-0.05, 0) is 25.7 Å². The van der Waals surface area contributed by atoms with Crippen LogP contribution in [0.15, 0.2) is 35.7 Å². The summed E-state index contributed by atoms with van der Waals surface area (Å²) in [7, 11) is 0. The van der Waals surface area contributed by atoms with Crippen LogP contribution in [0.4, 0.5) is 5.13 Å². The van der Waals surface area contributed by atoms with Crippen molar-refractivity contribution < 1.29 is 9.90 Å². The third-order valence-corrected chi connectivity index (χ3v) is 4.75. The maximum absolute atomic E-state index is 10.9. The van der Waals surface area contributed by atoms with Crippen molar-refractivity contribution in [3.05, 3.63) is 35.7 Å². The lowest BCUT2D eigenvalue weighted by Gasteiger charge is -2.26. The van der Waals surface area contributed by atoms with Crippen molar-refractivity contribution in [3.63, 3.8) is 0 Å². The lowest BCUT2D eigenvalue weighted by atomic mass is 9.86. The van der Waals surface area contributed by atoms with Gasteiger partial charge in [0.1, 0.15) is 0 Å². The molecule has 1 aromatic heterocycles. The van der Waals surface area contributed by atoms with Gasteiger partial charge in [-0.3, -0.25) is 4.79 Å².